The van der Waals surface area contributed by atoms with E-state index in [1.807, 2.05) is 0 Å². The number of anilines is 3. The Morgan fingerprint density at radius 2 is 0.770 bits per heavy atom. The molecule has 0 saturated heterocycles. The van der Waals surface area contributed by atoms with Gasteiger partial charge < -0.3 is 9.64 Å². The smallest absolute Gasteiger partial charge is 0.156 e. The number of fused-ring (bicyclic) bond motifs is 8. The number of hydrogen-bond donors (Lipinski definition) is 0. The first-order valence-corrected chi connectivity index (χ1v) is 21.1. The van der Waals surface area contributed by atoms with Crippen LogP contribution >= 0.6 is 0 Å². The summed E-state index contributed by atoms with van der Waals surface area (Å²) in [6.45, 7) is 0. The molecule has 0 atom stereocenters. The molecular formula is C59H37NO. The highest BCUT2D eigenvalue weighted by Gasteiger charge is 2.50. The molecule has 11 aromatic carbocycles. The van der Waals surface area contributed by atoms with Gasteiger partial charge in [0.15, 0.2) is 5.75 Å². The van der Waals surface area contributed by atoms with Crippen molar-refractivity contribution >= 4 is 60.2 Å². The normalized spacial score (nSPS) is 13.2. The molecule has 0 radical (unpaired) electrons. The summed E-state index contributed by atoms with van der Waals surface area (Å²) in [5, 5.41) is 10.1. The fraction of sp³-hybridized carbons (Fsp3) is 0.0169. The Kier molecular flexibility index (Phi) is 7.26. The van der Waals surface area contributed by atoms with Crippen molar-refractivity contribution in [3.05, 3.63) is 247 Å². The van der Waals surface area contributed by atoms with Crippen molar-refractivity contribution in [3.8, 4) is 33.8 Å². The SMILES string of the molecule is c1ccc2c(c1)Oc1c(N(c3ccc(-c4cccc5ccccc45)cc3)c3ccc(-c4cccc5ccccc45)cc3)cccc1C21c2cccc3ccc4cccc1c4c23. The highest BCUT2D eigenvalue weighted by atomic mass is 16.5. The monoisotopic (exact) mass is 775 g/mol. The van der Waals surface area contributed by atoms with Gasteiger partial charge in [-0.05, 0) is 113 Å². The minimum Gasteiger partial charge on any atom is -0.454 e. The van der Waals surface area contributed by atoms with E-state index in [0.29, 0.717) is 0 Å². The van der Waals surface area contributed by atoms with Crippen LogP contribution < -0.4 is 9.64 Å². The first-order valence-electron chi connectivity index (χ1n) is 21.1. The summed E-state index contributed by atoms with van der Waals surface area (Å²) in [6, 6.07) is 82.0. The Morgan fingerprint density at radius 3 is 1.36 bits per heavy atom. The maximum atomic E-state index is 7.25. The van der Waals surface area contributed by atoms with Crippen LogP contribution in [0, 0.1) is 0 Å². The highest BCUT2D eigenvalue weighted by molar-refractivity contribution is 6.16. The molecule has 1 spiro atoms. The molecule has 1 heterocycles. The van der Waals surface area contributed by atoms with Gasteiger partial charge in [-0.2, -0.15) is 0 Å². The molecule has 2 heteroatoms. The van der Waals surface area contributed by atoms with Crippen molar-refractivity contribution in [2.24, 2.45) is 0 Å². The predicted octanol–water partition coefficient (Wildman–Crippen LogP) is 15.9. The van der Waals surface area contributed by atoms with Crippen LogP contribution in [0.4, 0.5) is 17.1 Å². The lowest BCUT2D eigenvalue weighted by Crippen LogP contribution is -2.33. The van der Waals surface area contributed by atoms with Gasteiger partial charge in [-0.15, -0.1) is 0 Å². The standard InChI is InChI=1S/C59H37NO/c1-3-18-46-38(12-1)14-7-20-48(46)40-30-34-44(35-31-40)60(45-36-32-41(33-37-45)49-21-8-15-39-13-2-4-19-47(39)49)54-26-11-25-53-58(54)61-55-27-6-5-22-50(55)59(53)51-23-9-16-42-28-29-43-17-10-24-52(59)57(43)56(42)51/h1-37H. The van der Waals surface area contributed by atoms with E-state index >= 15 is 0 Å². The van der Waals surface area contributed by atoms with Gasteiger partial charge in [-0.25, -0.2) is 0 Å². The molecule has 61 heavy (non-hydrogen) atoms. The van der Waals surface area contributed by atoms with E-state index in [9.17, 15) is 0 Å². The van der Waals surface area contributed by atoms with Crippen molar-refractivity contribution in [1.29, 1.82) is 0 Å². The molecule has 2 aliphatic rings. The van der Waals surface area contributed by atoms with Crippen molar-refractivity contribution < 1.29 is 4.74 Å². The molecule has 2 nitrogen and oxygen atoms in total. The molecule has 284 valence electrons. The first kappa shape index (κ1) is 34.0. The van der Waals surface area contributed by atoms with Crippen LogP contribution in [0.15, 0.2) is 224 Å². The third-order valence-corrected chi connectivity index (χ3v) is 13.3. The Labute approximate surface area is 354 Å². The molecule has 0 saturated carbocycles. The Bertz CT molecular complexity index is 3370. The predicted molar refractivity (Wildman–Crippen MR) is 254 cm³/mol. The van der Waals surface area contributed by atoms with Crippen LogP contribution in [0.1, 0.15) is 22.3 Å². The highest BCUT2D eigenvalue weighted by Crippen LogP contribution is 2.63. The van der Waals surface area contributed by atoms with Crippen molar-refractivity contribution in [1.82, 2.24) is 0 Å². The van der Waals surface area contributed by atoms with E-state index in [4.69, 9.17) is 4.74 Å². The number of rotatable bonds is 5. The number of hydrogen-bond acceptors (Lipinski definition) is 2. The van der Waals surface area contributed by atoms with E-state index in [0.717, 1.165) is 34.1 Å². The van der Waals surface area contributed by atoms with Gasteiger partial charge in [0.25, 0.3) is 0 Å². The summed E-state index contributed by atoms with van der Waals surface area (Å²) in [7, 11) is 0. The van der Waals surface area contributed by atoms with E-state index in [1.165, 1.54) is 82.0 Å². The van der Waals surface area contributed by atoms with Gasteiger partial charge in [0.2, 0.25) is 0 Å². The van der Waals surface area contributed by atoms with Crippen molar-refractivity contribution in [3.63, 3.8) is 0 Å². The Morgan fingerprint density at radius 1 is 0.328 bits per heavy atom. The zero-order valence-electron chi connectivity index (χ0n) is 33.2. The molecule has 0 N–H and O–H groups in total. The van der Waals surface area contributed by atoms with Gasteiger partial charge in [0.1, 0.15) is 5.75 Å². The minimum atomic E-state index is -0.578. The number of ether oxygens (including phenoxy) is 1. The average molecular weight is 776 g/mol. The summed E-state index contributed by atoms with van der Waals surface area (Å²) >= 11 is 0. The van der Waals surface area contributed by atoms with Crippen LogP contribution in [-0.4, -0.2) is 0 Å². The van der Waals surface area contributed by atoms with E-state index < -0.39 is 5.41 Å². The molecule has 0 aromatic heterocycles. The third-order valence-electron chi connectivity index (χ3n) is 13.3. The quantitative estimate of drug-likeness (QED) is 0.161. The van der Waals surface area contributed by atoms with Gasteiger partial charge in [0.05, 0.1) is 11.1 Å². The molecule has 13 rings (SSSR count). The molecular weight excluding hydrogens is 739 g/mol. The van der Waals surface area contributed by atoms with Gasteiger partial charge in [0, 0.05) is 22.5 Å². The molecule has 0 fully saturated rings. The topological polar surface area (TPSA) is 12.5 Å². The zero-order chi connectivity index (χ0) is 40.1. The lowest BCUT2D eigenvalue weighted by atomic mass is 9.65. The molecule has 1 aliphatic heterocycles. The third kappa shape index (κ3) is 4.85. The lowest BCUT2D eigenvalue weighted by molar-refractivity contribution is 0.437. The van der Waals surface area contributed by atoms with E-state index in [-0.39, 0.29) is 0 Å². The van der Waals surface area contributed by atoms with Crippen LogP contribution in [0.5, 0.6) is 11.5 Å². The van der Waals surface area contributed by atoms with Crippen LogP contribution in [0.3, 0.4) is 0 Å². The van der Waals surface area contributed by atoms with Crippen LogP contribution in [-0.2, 0) is 5.41 Å². The Balaban J connectivity index is 1.04. The molecule has 1 aliphatic carbocycles. The second-order valence-electron chi connectivity index (χ2n) is 16.4. The summed E-state index contributed by atoms with van der Waals surface area (Å²) < 4.78 is 7.25. The fourth-order valence-electron chi connectivity index (χ4n) is 10.7. The molecule has 11 aromatic rings. The molecule has 0 bridgehead atoms. The van der Waals surface area contributed by atoms with E-state index in [1.54, 1.807) is 0 Å². The first-order chi connectivity index (χ1) is 30.3. The fourth-order valence-corrected chi connectivity index (χ4v) is 10.7. The van der Waals surface area contributed by atoms with Gasteiger partial charge in [-0.1, -0.05) is 188 Å². The van der Waals surface area contributed by atoms with Gasteiger partial charge in [-0.3, -0.25) is 0 Å². The maximum absolute atomic E-state index is 7.25. The molecule has 0 unspecified atom stereocenters. The summed E-state index contributed by atoms with van der Waals surface area (Å²) in [5.74, 6) is 1.74. The Hall–Kier alpha value is -7.94. The summed E-state index contributed by atoms with van der Waals surface area (Å²) in [4.78, 5) is 2.38. The van der Waals surface area contributed by atoms with Crippen molar-refractivity contribution in [2.45, 2.75) is 5.41 Å². The average Bonchev–Trinajstić information content (AvgIpc) is 3.63. The number of benzene rings is 11. The second-order valence-corrected chi connectivity index (χ2v) is 16.4. The largest absolute Gasteiger partial charge is 0.454 e. The zero-order valence-corrected chi connectivity index (χ0v) is 33.2. The van der Waals surface area contributed by atoms with E-state index in [2.05, 4.69) is 229 Å². The van der Waals surface area contributed by atoms with Gasteiger partial charge >= 0.3 is 0 Å². The minimum absolute atomic E-state index is 0.578. The lowest BCUT2D eigenvalue weighted by Gasteiger charge is -2.41. The number of nitrogens with zero attached hydrogens (tertiary/aromatic N) is 1. The summed E-state index contributed by atoms with van der Waals surface area (Å²) in [6.07, 6.45) is 0. The molecule has 0 amide bonds. The number of para-hydroxylation sites is 2. The summed E-state index contributed by atoms with van der Waals surface area (Å²) in [5.41, 5.74) is 12.2. The maximum Gasteiger partial charge on any atom is 0.156 e. The van der Waals surface area contributed by atoms with Crippen molar-refractivity contribution in [2.75, 3.05) is 4.90 Å². The van der Waals surface area contributed by atoms with Crippen LogP contribution in [0.25, 0.3) is 65.3 Å². The van der Waals surface area contributed by atoms with Crippen LogP contribution in [0.2, 0.25) is 0 Å². The second kappa shape index (κ2) is 13.0.